The molecule has 0 radical (unpaired) electrons. The number of halogens is 2. The summed E-state index contributed by atoms with van der Waals surface area (Å²) in [5, 5.41) is 8.24. The molecule has 0 unspecified atom stereocenters. The van der Waals surface area contributed by atoms with Crippen LogP contribution in [0.25, 0.3) is 0 Å². The van der Waals surface area contributed by atoms with Gasteiger partial charge >= 0.3 is 0 Å². The van der Waals surface area contributed by atoms with Gasteiger partial charge in [-0.2, -0.15) is 5.26 Å². The summed E-state index contributed by atoms with van der Waals surface area (Å²) in [5.74, 6) is 5.05. The Morgan fingerprint density at radius 1 is 1.25 bits per heavy atom. The van der Waals surface area contributed by atoms with Crippen molar-refractivity contribution in [2.45, 2.75) is 0 Å². The van der Waals surface area contributed by atoms with E-state index < -0.39 is 0 Å². The number of nitriles is 1. The van der Waals surface area contributed by atoms with Gasteiger partial charge in [-0.15, -0.1) is 0 Å². The SMILES string of the molecule is N#CC#Cc1cc(Br)ccc1Br. The minimum absolute atomic E-state index is 0.811. The van der Waals surface area contributed by atoms with Crippen LogP contribution in [0.3, 0.4) is 0 Å². The minimum Gasteiger partial charge on any atom is -0.183 e. The van der Waals surface area contributed by atoms with Crippen molar-refractivity contribution < 1.29 is 0 Å². The van der Waals surface area contributed by atoms with E-state index in [1.165, 1.54) is 0 Å². The standard InChI is InChI=1S/C9H3Br2N/c10-8-3-4-9(11)7(6-8)2-1-5-12/h3-4,6H. The first kappa shape index (κ1) is 9.32. The quantitative estimate of drug-likeness (QED) is 0.672. The molecule has 1 rings (SSSR count). The maximum atomic E-state index is 8.24. The maximum absolute atomic E-state index is 8.24. The van der Waals surface area contributed by atoms with E-state index in [0.717, 1.165) is 14.5 Å². The average Bonchev–Trinajstić information content (AvgIpc) is 2.07. The van der Waals surface area contributed by atoms with Crippen LogP contribution in [-0.4, -0.2) is 0 Å². The molecule has 0 amide bonds. The lowest BCUT2D eigenvalue weighted by Gasteiger charge is -1.95. The largest absolute Gasteiger partial charge is 0.183 e. The van der Waals surface area contributed by atoms with Crippen molar-refractivity contribution in [2.75, 3.05) is 0 Å². The highest BCUT2D eigenvalue weighted by molar-refractivity contribution is 9.11. The van der Waals surface area contributed by atoms with Gasteiger partial charge in [0.15, 0.2) is 6.07 Å². The minimum atomic E-state index is 0.811. The topological polar surface area (TPSA) is 23.8 Å². The van der Waals surface area contributed by atoms with Gasteiger partial charge in [0.25, 0.3) is 0 Å². The zero-order valence-electron chi connectivity index (χ0n) is 5.94. The van der Waals surface area contributed by atoms with Gasteiger partial charge in [-0.05, 0) is 40.0 Å². The Morgan fingerprint density at radius 2 is 2.00 bits per heavy atom. The van der Waals surface area contributed by atoms with Gasteiger partial charge in [0, 0.05) is 20.4 Å². The highest BCUT2D eigenvalue weighted by Crippen LogP contribution is 2.20. The Morgan fingerprint density at radius 3 is 2.67 bits per heavy atom. The molecule has 0 bridgehead atoms. The number of hydrogen-bond donors (Lipinski definition) is 0. The van der Waals surface area contributed by atoms with E-state index in [4.69, 9.17) is 5.26 Å². The van der Waals surface area contributed by atoms with Crippen LogP contribution >= 0.6 is 31.9 Å². The Hall–Kier alpha value is -0.770. The second kappa shape index (κ2) is 4.30. The fourth-order valence-corrected chi connectivity index (χ4v) is 1.40. The summed E-state index contributed by atoms with van der Waals surface area (Å²) < 4.78 is 1.85. The molecular weight excluding hydrogens is 282 g/mol. The van der Waals surface area contributed by atoms with E-state index in [-0.39, 0.29) is 0 Å². The molecule has 0 heterocycles. The summed E-state index contributed by atoms with van der Waals surface area (Å²) in [5.41, 5.74) is 0.811. The Kier molecular flexibility index (Phi) is 3.34. The van der Waals surface area contributed by atoms with E-state index in [1.54, 1.807) is 6.07 Å². The van der Waals surface area contributed by atoms with E-state index >= 15 is 0 Å². The van der Waals surface area contributed by atoms with E-state index in [1.807, 2.05) is 18.2 Å². The highest BCUT2D eigenvalue weighted by Gasteiger charge is 1.95. The molecule has 0 N–H and O–H groups in total. The van der Waals surface area contributed by atoms with Crippen LogP contribution in [0.2, 0.25) is 0 Å². The fraction of sp³-hybridized carbons (Fsp3) is 0. The number of rotatable bonds is 0. The first-order chi connectivity index (χ1) is 5.74. The third-order valence-corrected chi connectivity index (χ3v) is 2.37. The summed E-state index contributed by atoms with van der Waals surface area (Å²) in [7, 11) is 0. The van der Waals surface area contributed by atoms with Crippen molar-refractivity contribution in [1.29, 1.82) is 5.26 Å². The second-order valence-electron chi connectivity index (χ2n) is 1.99. The molecule has 0 aromatic heterocycles. The molecule has 1 aromatic rings. The third-order valence-electron chi connectivity index (χ3n) is 1.18. The summed E-state index contributed by atoms with van der Waals surface area (Å²) in [6, 6.07) is 7.41. The molecule has 1 nitrogen and oxygen atoms in total. The van der Waals surface area contributed by atoms with E-state index in [0.29, 0.717) is 0 Å². The summed E-state index contributed by atoms with van der Waals surface area (Å²) in [6.07, 6.45) is 0. The van der Waals surface area contributed by atoms with Gasteiger partial charge in [-0.1, -0.05) is 15.9 Å². The first-order valence-corrected chi connectivity index (χ1v) is 4.68. The van der Waals surface area contributed by atoms with Crippen molar-refractivity contribution in [1.82, 2.24) is 0 Å². The normalized spacial score (nSPS) is 8.08. The lowest BCUT2D eigenvalue weighted by Crippen LogP contribution is -1.76. The Labute approximate surface area is 87.7 Å². The van der Waals surface area contributed by atoms with Gasteiger partial charge in [-0.25, -0.2) is 0 Å². The van der Waals surface area contributed by atoms with Crippen LogP contribution in [0.4, 0.5) is 0 Å². The van der Waals surface area contributed by atoms with Gasteiger partial charge in [0.2, 0.25) is 0 Å². The van der Waals surface area contributed by atoms with Gasteiger partial charge < -0.3 is 0 Å². The molecule has 0 spiro atoms. The summed E-state index contributed by atoms with van der Waals surface area (Å²) in [6.45, 7) is 0. The molecule has 3 heteroatoms. The van der Waals surface area contributed by atoms with Crippen molar-refractivity contribution in [3.63, 3.8) is 0 Å². The van der Waals surface area contributed by atoms with Crippen LogP contribution in [0, 0.1) is 23.2 Å². The van der Waals surface area contributed by atoms with Crippen LogP contribution in [0.5, 0.6) is 0 Å². The molecule has 0 aliphatic carbocycles. The van der Waals surface area contributed by atoms with E-state index in [9.17, 15) is 0 Å². The molecule has 58 valence electrons. The molecule has 0 saturated carbocycles. The van der Waals surface area contributed by atoms with Gasteiger partial charge in [0.05, 0.1) is 0 Å². The molecule has 0 atom stereocenters. The zero-order chi connectivity index (χ0) is 8.97. The molecule has 0 aliphatic rings. The average molecular weight is 285 g/mol. The molecular formula is C9H3Br2N. The van der Waals surface area contributed by atoms with Gasteiger partial charge in [0.1, 0.15) is 0 Å². The van der Waals surface area contributed by atoms with Crippen molar-refractivity contribution >= 4 is 31.9 Å². The smallest absolute Gasteiger partial charge is 0.152 e. The Bertz CT molecular complexity index is 393. The van der Waals surface area contributed by atoms with Crippen LogP contribution < -0.4 is 0 Å². The molecule has 12 heavy (non-hydrogen) atoms. The second-order valence-corrected chi connectivity index (χ2v) is 3.76. The molecule has 0 saturated heterocycles. The van der Waals surface area contributed by atoms with Gasteiger partial charge in [-0.3, -0.25) is 0 Å². The van der Waals surface area contributed by atoms with Crippen LogP contribution in [-0.2, 0) is 0 Å². The van der Waals surface area contributed by atoms with Crippen LogP contribution in [0.15, 0.2) is 27.1 Å². The van der Waals surface area contributed by atoms with Crippen molar-refractivity contribution in [2.24, 2.45) is 0 Å². The lowest BCUT2D eigenvalue weighted by molar-refractivity contribution is 1.54. The van der Waals surface area contributed by atoms with Crippen LogP contribution in [0.1, 0.15) is 5.56 Å². The summed E-state index contributed by atoms with van der Waals surface area (Å²) >= 11 is 6.64. The van der Waals surface area contributed by atoms with Crippen molar-refractivity contribution in [3.8, 4) is 17.9 Å². The monoisotopic (exact) mass is 283 g/mol. The van der Waals surface area contributed by atoms with Crippen molar-refractivity contribution in [3.05, 3.63) is 32.7 Å². The molecule has 0 aliphatic heterocycles. The lowest BCUT2D eigenvalue weighted by atomic mass is 10.2. The third kappa shape index (κ3) is 2.37. The molecule has 0 fully saturated rings. The number of hydrogen-bond acceptors (Lipinski definition) is 1. The van der Waals surface area contributed by atoms with E-state index in [2.05, 4.69) is 43.7 Å². The predicted molar refractivity (Wildman–Crippen MR) is 54.3 cm³/mol. The predicted octanol–water partition coefficient (Wildman–Crippen LogP) is 3.09. The zero-order valence-corrected chi connectivity index (χ0v) is 9.11. The highest BCUT2D eigenvalue weighted by atomic mass is 79.9. The Balaban J connectivity index is 3.16. The maximum Gasteiger partial charge on any atom is 0.152 e. The number of benzene rings is 1. The number of nitrogens with zero attached hydrogens (tertiary/aromatic N) is 1. The molecule has 1 aromatic carbocycles. The first-order valence-electron chi connectivity index (χ1n) is 3.09. The summed E-state index contributed by atoms with van der Waals surface area (Å²) in [4.78, 5) is 0. The fourth-order valence-electron chi connectivity index (χ4n) is 0.689.